The van der Waals surface area contributed by atoms with Crippen LogP contribution in [0.3, 0.4) is 0 Å². The summed E-state index contributed by atoms with van der Waals surface area (Å²) < 4.78 is 39.1. The molecule has 3 atom stereocenters. The Balaban J connectivity index is 1.79. The van der Waals surface area contributed by atoms with Crippen LogP contribution < -0.4 is 5.32 Å². The van der Waals surface area contributed by atoms with Crippen molar-refractivity contribution in [3.8, 4) is 0 Å². The van der Waals surface area contributed by atoms with E-state index in [4.69, 9.17) is 0 Å². The van der Waals surface area contributed by atoms with Gasteiger partial charge in [0.05, 0.1) is 5.56 Å². The minimum Gasteiger partial charge on any atom is -0.316 e. The van der Waals surface area contributed by atoms with Crippen LogP contribution in [0.15, 0.2) is 24.3 Å². The van der Waals surface area contributed by atoms with E-state index in [1.807, 2.05) is 0 Å². The largest absolute Gasteiger partial charge is 0.416 e. The van der Waals surface area contributed by atoms with Crippen molar-refractivity contribution in [1.29, 1.82) is 0 Å². The molecule has 0 spiro atoms. The summed E-state index contributed by atoms with van der Waals surface area (Å²) in [7, 11) is 0. The van der Waals surface area contributed by atoms with E-state index in [1.54, 1.807) is 12.1 Å². The molecule has 1 aromatic rings. The van der Waals surface area contributed by atoms with Crippen molar-refractivity contribution in [2.24, 2.45) is 11.8 Å². The molecule has 1 aromatic carbocycles. The monoisotopic (exact) mass is 284 g/mol. The lowest BCUT2D eigenvalue weighted by atomic mass is 9.95. The van der Waals surface area contributed by atoms with Crippen LogP contribution in [0.25, 0.3) is 0 Å². The van der Waals surface area contributed by atoms with Crippen molar-refractivity contribution in [2.75, 3.05) is 19.6 Å². The maximum absolute atomic E-state index is 13.0. The second-order valence-corrected chi connectivity index (χ2v) is 5.91. The summed E-state index contributed by atoms with van der Waals surface area (Å²) in [5.41, 5.74) is -0.109. The molecular formula is C15H19F3N2. The average Bonchev–Trinajstić information content (AvgIpc) is 2.94. The molecule has 0 amide bonds. The number of hydrogen-bond acceptors (Lipinski definition) is 2. The van der Waals surface area contributed by atoms with Gasteiger partial charge in [0, 0.05) is 19.1 Å². The number of nitrogens with one attached hydrogen (secondary N) is 1. The first-order valence-electron chi connectivity index (χ1n) is 7.06. The Morgan fingerprint density at radius 1 is 1.25 bits per heavy atom. The van der Waals surface area contributed by atoms with Gasteiger partial charge >= 0.3 is 6.18 Å². The van der Waals surface area contributed by atoms with Gasteiger partial charge in [0.1, 0.15) is 0 Å². The van der Waals surface area contributed by atoms with E-state index in [0.717, 1.165) is 19.6 Å². The van der Waals surface area contributed by atoms with E-state index in [1.165, 1.54) is 12.1 Å². The topological polar surface area (TPSA) is 15.3 Å². The number of likely N-dealkylation sites (tertiary alicyclic amines) is 1. The lowest BCUT2D eigenvalue weighted by Gasteiger charge is -2.25. The number of fused-ring (bicyclic) bond motifs is 1. The molecule has 2 aliphatic heterocycles. The SMILES string of the molecule is CC1C2CNCC2CN1Cc1ccccc1C(F)(F)F. The molecule has 0 radical (unpaired) electrons. The number of halogens is 3. The van der Waals surface area contributed by atoms with Gasteiger partial charge < -0.3 is 5.32 Å². The summed E-state index contributed by atoms with van der Waals surface area (Å²) >= 11 is 0. The summed E-state index contributed by atoms with van der Waals surface area (Å²) in [5, 5.41) is 3.37. The molecule has 0 aliphatic carbocycles. The van der Waals surface area contributed by atoms with Gasteiger partial charge in [-0.3, -0.25) is 4.90 Å². The zero-order valence-corrected chi connectivity index (χ0v) is 11.5. The fraction of sp³-hybridized carbons (Fsp3) is 0.600. The third kappa shape index (κ3) is 2.44. The Morgan fingerprint density at radius 2 is 2.00 bits per heavy atom. The molecule has 0 bridgehead atoms. The Morgan fingerprint density at radius 3 is 2.70 bits per heavy atom. The van der Waals surface area contributed by atoms with Crippen LogP contribution in [0.1, 0.15) is 18.1 Å². The minimum absolute atomic E-state index is 0.344. The number of alkyl halides is 3. The fourth-order valence-electron chi connectivity index (χ4n) is 3.62. The Bertz CT molecular complexity index is 486. The van der Waals surface area contributed by atoms with E-state index >= 15 is 0 Å². The quantitative estimate of drug-likeness (QED) is 0.898. The van der Waals surface area contributed by atoms with E-state index in [0.29, 0.717) is 30.0 Å². The Kier molecular flexibility index (Phi) is 3.50. The zero-order valence-electron chi connectivity index (χ0n) is 11.5. The van der Waals surface area contributed by atoms with Crippen LogP contribution in [-0.2, 0) is 12.7 Å². The van der Waals surface area contributed by atoms with E-state index in [9.17, 15) is 13.2 Å². The second kappa shape index (κ2) is 5.04. The number of nitrogens with zero attached hydrogens (tertiary/aromatic N) is 1. The molecule has 110 valence electrons. The Labute approximate surface area is 117 Å². The van der Waals surface area contributed by atoms with Crippen LogP contribution in [-0.4, -0.2) is 30.6 Å². The van der Waals surface area contributed by atoms with Crippen LogP contribution in [0.2, 0.25) is 0 Å². The Hall–Kier alpha value is -1.07. The predicted octanol–water partition coefficient (Wildman–Crippen LogP) is 2.75. The molecule has 3 unspecified atom stereocenters. The van der Waals surface area contributed by atoms with Gasteiger partial charge in [-0.25, -0.2) is 0 Å². The van der Waals surface area contributed by atoms with Gasteiger partial charge in [-0.1, -0.05) is 18.2 Å². The third-order valence-electron chi connectivity index (χ3n) is 4.75. The first-order valence-corrected chi connectivity index (χ1v) is 7.06. The number of hydrogen-bond donors (Lipinski definition) is 1. The molecule has 2 aliphatic rings. The number of benzene rings is 1. The van der Waals surface area contributed by atoms with Crippen molar-refractivity contribution < 1.29 is 13.2 Å². The first kappa shape index (κ1) is 13.9. The third-order valence-corrected chi connectivity index (χ3v) is 4.75. The highest BCUT2D eigenvalue weighted by atomic mass is 19.4. The average molecular weight is 284 g/mol. The minimum atomic E-state index is -4.27. The lowest BCUT2D eigenvalue weighted by Crippen LogP contribution is -2.33. The molecule has 2 heterocycles. The molecular weight excluding hydrogens is 265 g/mol. The van der Waals surface area contributed by atoms with Crippen LogP contribution in [0, 0.1) is 11.8 Å². The standard InChI is InChI=1S/C15H19F3N2/c1-10-13-7-19-6-12(13)9-20(10)8-11-4-2-3-5-14(11)15(16,17)18/h2-5,10,12-13,19H,6-9H2,1H3. The molecule has 5 heteroatoms. The normalized spacial score (nSPS) is 30.7. The maximum atomic E-state index is 13.0. The van der Waals surface area contributed by atoms with Gasteiger partial charge in [0.25, 0.3) is 0 Å². The van der Waals surface area contributed by atoms with Crippen molar-refractivity contribution >= 4 is 0 Å². The van der Waals surface area contributed by atoms with Gasteiger partial charge in [0.2, 0.25) is 0 Å². The summed E-state index contributed by atoms with van der Waals surface area (Å²) in [6.45, 7) is 5.40. The summed E-state index contributed by atoms with van der Waals surface area (Å²) in [6, 6.07) is 6.27. The highest BCUT2D eigenvalue weighted by molar-refractivity contribution is 5.29. The molecule has 1 N–H and O–H groups in total. The van der Waals surface area contributed by atoms with Gasteiger partial charge in [-0.2, -0.15) is 13.2 Å². The summed E-state index contributed by atoms with van der Waals surface area (Å²) in [6.07, 6.45) is -4.27. The molecule has 0 aromatic heterocycles. The fourth-order valence-corrected chi connectivity index (χ4v) is 3.62. The molecule has 2 fully saturated rings. The number of rotatable bonds is 2. The van der Waals surface area contributed by atoms with Crippen molar-refractivity contribution in [3.63, 3.8) is 0 Å². The molecule has 2 saturated heterocycles. The van der Waals surface area contributed by atoms with Crippen molar-refractivity contribution in [1.82, 2.24) is 10.2 Å². The highest BCUT2D eigenvalue weighted by Gasteiger charge is 2.42. The predicted molar refractivity (Wildman–Crippen MR) is 71.2 cm³/mol. The maximum Gasteiger partial charge on any atom is 0.416 e. The van der Waals surface area contributed by atoms with Crippen molar-refractivity contribution in [3.05, 3.63) is 35.4 Å². The summed E-state index contributed by atoms with van der Waals surface area (Å²) in [5.74, 6) is 1.16. The first-order chi connectivity index (χ1) is 9.47. The smallest absolute Gasteiger partial charge is 0.316 e. The molecule has 3 rings (SSSR count). The van der Waals surface area contributed by atoms with Gasteiger partial charge in [0.15, 0.2) is 0 Å². The van der Waals surface area contributed by atoms with Crippen LogP contribution in [0.4, 0.5) is 13.2 Å². The molecule has 0 saturated carbocycles. The second-order valence-electron chi connectivity index (χ2n) is 5.91. The van der Waals surface area contributed by atoms with E-state index < -0.39 is 11.7 Å². The highest BCUT2D eigenvalue weighted by Crippen LogP contribution is 2.36. The molecule has 2 nitrogen and oxygen atoms in total. The zero-order chi connectivity index (χ0) is 14.3. The van der Waals surface area contributed by atoms with Gasteiger partial charge in [-0.15, -0.1) is 0 Å². The van der Waals surface area contributed by atoms with Crippen molar-refractivity contribution in [2.45, 2.75) is 25.7 Å². The van der Waals surface area contributed by atoms with E-state index in [-0.39, 0.29) is 0 Å². The van der Waals surface area contributed by atoms with Crippen LogP contribution >= 0.6 is 0 Å². The van der Waals surface area contributed by atoms with Gasteiger partial charge in [-0.05, 0) is 43.5 Å². The molecule has 20 heavy (non-hydrogen) atoms. The van der Waals surface area contributed by atoms with Crippen LogP contribution in [0.5, 0.6) is 0 Å². The lowest BCUT2D eigenvalue weighted by molar-refractivity contribution is -0.138. The summed E-state index contributed by atoms with van der Waals surface area (Å²) in [4.78, 5) is 2.20. The van der Waals surface area contributed by atoms with E-state index in [2.05, 4.69) is 17.1 Å².